The van der Waals surface area contributed by atoms with Crippen LogP contribution in [-0.2, 0) is 21.3 Å². The van der Waals surface area contributed by atoms with Crippen LogP contribution in [0.25, 0.3) is 0 Å². The topological polar surface area (TPSA) is 113 Å². The minimum Gasteiger partial charge on any atom is -0.508 e. The van der Waals surface area contributed by atoms with E-state index in [4.69, 9.17) is 20.9 Å². The van der Waals surface area contributed by atoms with Crippen LogP contribution in [0.5, 0.6) is 11.5 Å². The first kappa shape index (κ1) is 24.5. The maximum atomic E-state index is 11.7. The summed E-state index contributed by atoms with van der Waals surface area (Å²) in [6, 6.07) is 8.74. The molecule has 3 N–H and O–H groups in total. The van der Waals surface area contributed by atoms with Gasteiger partial charge in [0, 0.05) is 22.5 Å². The Kier molecular flexibility index (Phi) is 8.54. The molecule has 2 aromatic carbocycles. The third kappa shape index (κ3) is 7.46. The van der Waals surface area contributed by atoms with Crippen molar-refractivity contribution in [3.8, 4) is 11.5 Å². The van der Waals surface area contributed by atoms with Crippen LogP contribution in [0.1, 0.15) is 36.5 Å². The number of phenols is 1. The number of carbonyl (C=O) groups excluding carboxylic acids is 1. The van der Waals surface area contributed by atoms with Gasteiger partial charge in [-0.15, -0.1) is 0 Å². The van der Waals surface area contributed by atoms with Crippen LogP contribution < -0.4 is 10.1 Å². The molecule has 0 radical (unpaired) electrons. The number of carbonyl (C=O) groups is 1. The Bertz CT molecular complexity index is 1000. The fraction of sp³-hybridized carbons (Fsp3) is 0.350. The lowest BCUT2D eigenvalue weighted by atomic mass is 9.96. The third-order valence-corrected chi connectivity index (χ3v) is 6.03. The molecule has 1 amide bonds. The Balaban J connectivity index is 2.03. The highest BCUT2D eigenvalue weighted by Crippen LogP contribution is 2.34. The molecule has 0 aliphatic rings. The largest absolute Gasteiger partial charge is 0.508 e. The zero-order chi connectivity index (χ0) is 22.5. The van der Waals surface area contributed by atoms with Crippen molar-refractivity contribution in [1.29, 1.82) is 0 Å². The fourth-order valence-electron chi connectivity index (χ4n) is 2.73. The molecular formula is C20H23BrClNO6S. The number of nitrogens with one attached hydrogen (secondary N) is 1. The summed E-state index contributed by atoms with van der Waals surface area (Å²) in [7, 11) is -4.13. The second-order valence-corrected chi connectivity index (χ2v) is 9.85. The van der Waals surface area contributed by atoms with Gasteiger partial charge in [0.15, 0.2) is 6.61 Å². The number of hydrogen-bond acceptors (Lipinski definition) is 5. The molecule has 0 fully saturated rings. The van der Waals surface area contributed by atoms with E-state index in [-0.39, 0.29) is 24.8 Å². The van der Waals surface area contributed by atoms with E-state index in [1.54, 1.807) is 18.2 Å². The average Bonchev–Trinajstić information content (AvgIpc) is 2.63. The van der Waals surface area contributed by atoms with Gasteiger partial charge in [0.05, 0.1) is 5.75 Å². The molecule has 0 aliphatic carbocycles. The zero-order valence-electron chi connectivity index (χ0n) is 16.5. The summed E-state index contributed by atoms with van der Waals surface area (Å²) < 4.78 is 36.0. The highest BCUT2D eigenvalue weighted by molar-refractivity contribution is 9.10. The van der Waals surface area contributed by atoms with E-state index in [2.05, 4.69) is 21.2 Å². The van der Waals surface area contributed by atoms with Crippen molar-refractivity contribution in [2.24, 2.45) is 0 Å². The van der Waals surface area contributed by atoms with E-state index in [0.29, 0.717) is 21.7 Å². The number of phenolic OH excluding ortho intramolecular Hbond substituents is 1. The van der Waals surface area contributed by atoms with Gasteiger partial charge in [0.2, 0.25) is 0 Å². The molecule has 0 saturated carbocycles. The first-order valence-corrected chi connectivity index (χ1v) is 11.9. The summed E-state index contributed by atoms with van der Waals surface area (Å²) in [5.74, 6) is -0.282. The zero-order valence-corrected chi connectivity index (χ0v) is 19.6. The summed E-state index contributed by atoms with van der Waals surface area (Å²) in [5, 5.41) is 12.8. The van der Waals surface area contributed by atoms with Crippen LogP contribution in [0.3, 0.4) is 0 Å². The summed E-state index contributed by atoms with van der Waals surface area (Å²) in [6.07, 6.45) is 0.538. The van der Waals surface area contributed by atoms with E-state index in [1.165, 1.54) is 0 Å². The van der Waals surface area contributed by atoms with Crippen molar-refractivity contribution in [3.05, 3.63) is 56.5 Å². The standard InChI is InChI=1S/C20H23BrClNO6S/c1-12(2)15-7-13(3-4-19(15)24)8-16-17(21)9-14(10-18(16)22)29-11-20(25)23-5-6-30(26,27)28/h3-4,7,9-10,12,24H,5-6,8,11H2,1-2H3,(H,23,25)(H,26,27,28). The Morgan fingerprint density at radius 1 is 1.27 bits per heavy atom. The van der Waals surface area contributed by atoms with Gasteiger partial charge < -0.3 is 15.2 Å². The van der Waals surface area contributed by atoms with E-state index in [1.807, 2.05) is 26.0 Å². The molecule has 2 aromatic rings. The van der Waals surface area contributed by atoms with Gasteiger partial charge in [0.25, 0.3) is 16.0 Å². The molecule has 7 nitrogen and oxygen atoms in total. The van der Waals surface area contributed by atoms with Crippen molar-refractivity contribution in [2.45, 2.75) is 26.2 Å². The van der Waals surface area contributed by atoms with E-state index in [0.717, 1.165) is 16.7 Å². The Labute approximate surface area is 189 Å². The van der Waals surface area contributed by atoms with Gasteiger partial charge in [-0.05, 0) is 40.8 Å². The summed E-state index contributed by atoms with van der Waals surface area (Å²) in [5.41, 5.74) is 2.69. The number of benzene rings is 2. The lowest BCUT2D eigenvalue weighted by Crippen LogP contribution is -2.32. The van der Waals surface area contributed by atoms with Crippen LogP contribution in [0, 0.1) is 0 Å². The number of aromatic hydroxyl groups is 1. The molecule has 0 aliphatic heterocycles. The van der Waals surface area contributed by atoms with Gasteiger partial charge in [-0.1, -0.05) is 53.5 Å². The van der Waals surface area contributed by atoms with Crippen LogP contribution in [0.4, 0.5) is 0 Å². The lowest BCUT2D eigenvalue weighted by Gasteiger charge is -2.14. The molecule has 30 heavy (non-hydrogen) atoms. The number of rotatable bonds is 9. The van der Waals surface area contributed by atoms with Gasteiger partial charge in [-0.25, -0.2) is 0 Å². The van der Waals surface area contributed by atoms with Crippen molar-refractivity contribution >= 4 is 43.6 Å². The van der Waals surface area contributed by atoms with Gasteiger partial charge in [0.1, 0.15) is 11.5 Å². The normalized spacial score (nSPS) is 11.5. The first-order valence-electron chi connectivity index (χ1n) is 9.10. The summed E-state index contributed by atoms with van der Waals surface area (Å²) >= 11 is 9.89. The maximum Gasteiger partial charge on any atom is 0.266 e. The summed E-state index contributed by atoms with van der Waals surface area (Å²) in [6.45, 7) is 3.47. The Morgan fingerprint density at radius 3 is 2.57 bits per heavy atom. The Hall–Kier alpha value is -1.81. The molecule has 0 aromatic heterocycles. The molecule has 0 heterocycles. The second kappa shape index (κ2) is 10.5. The smallest absolute Gasteiger partial charge is 0.266 e. The molecule has 0 unspecified atom stereocenters. The van der Waals surface area contributed by atoms with Crippen molar-refractivity contribution in [1.82, 2.24) is 5.32 Å². The molecular weight excluding hydrogens is 498 g/mol. The second-order valence-electron chi connectivity index (χ2n) is 7.01. The average molecular weight is 521 g/mol. The molecule has 0 bridgehead atoms. The predicted molar refractivity (Wildman–Crippen MR) is 119 cm³/mol. The highest BCUT2D eigenvalue weighted by atomic mass is 79.9. The van der Waals surface area contributed by atoms with Gasteiger partial charge in [-0.2, -0.15) is 8.42 Å². The quantitative estimate of drug-likeness (QED) is 0.432. The van der Waals surface area contributed by atoms with Crippen molar-refractivity contribution < 1.29 is 27.6 Å². The Morgan fingerprint density at radius 2 is 1.97 bits per heavy atom. The molecule has 0 atom stereocenters. The molecule has 0 saturated heterocycles. The van der Waals surface area contributed by atoms with E-state index >= 15 is 0 Å². The summed E-state index contributed by atoms with van der Waals surface area (Å²) in [4.78, 5) is 11.7. The highest BCUT2D eigenvalue weighted by Gasteiger charge is 2.13. The molecule has 2 rings (SSSR count). The lowest BCUT2D eigenvalue weighted by molar-refractivity contribution is -0.122. The van der Waals surface area contributed by atoms with Crippen molar-refractivity contribution in [2.75, 3.05) is 18.9 Å². The molecule has 164 valence electrons. The predicted octanol–water partition coefficient (Wildman–Crippen LogP) is 3.91. The van der Waals surface area contributed by atoms with Crippen LogP contribution in [0.2, 0.25) is 5.02 Å². The van der Waals surface area contributed by atoms with Crippen LogP contribution in [0.15, 0.2) is 34.8 Å². The third-order valence-electron chi connectivity index (χ3n) is 4.26. The van der Waals surface area contributed by atoms with Gasteiger partial charge >= 0.3 is 0 Å². The number of ether oxygens (including phenoxy) is 1. The fourth-order valence-corrected chi connectivity index (χ4v) is 4.06. The van der Waals surface area contributed by atoms with Crippen LogP contribution >= 0.6 is 27.5 Å². The minimum absolute atomic E-state index is 0.184. The number of amides is 1. The van der Waals surface area contributed by atoms with Gasteiger partial charge in [-0.3, -0.25) is 9.35 Å². The maximum absolute atomic E-state index is 11.7. The first-order chi connectivity index (χ1) is 14.0. The van der Waals surface area contributed by atoms with Crippen molar-refractivity contribution in [3.63, 3.8) is 0 Å². The number of hydrogen-bond donors (Lipinski definition) is 3. The molecule has 10 heteroatoms. The van der Waals surface area contributed by atoms with E-state index < -0.39 is 21.8 Å². The molecule has 0 spiro atoms. The number of halogens is 2. The van der Waals surface area contributed by atoms with E-state index in [9.17, 15) is 18.3 Å². The monoisotopic (exact) mass is 519 g/mol. The van der Waals surface area contributed by atoms with Crippen LogP contribution in [-0.4, -0.2) is 42.9 Å². The SMILES string of the molecule is CC(C)c1cc(Cc2c(Cl)cc(OCC(=O)NCCS(=O)(=O)O)cc2Br)ccc1O. The minimum atomic E-state index is -4.13.